The number of imidazole rings is 1. The van der Waals surface area contributed by atoms with E-state index in [2.05, 4.69) is 54.6 Å². The summed E-state index contributed by atoms with van der Waals surface area (Å²) in [4.78, 5) is 26.2. The van der Waals surface area contributed by atoms with Crippen molar-refractivity contribution in [2.45, 2.75) is 42.3 Å². The number of ether oxygens (including phenoxy) is 1. The summed E-state index contributed by atoms with van der Waals surface area (Å²) in [5.41, 5.74) is 8.62. The standard InChI is InChI=1S/C20H21IN6O2S/c21-13-8-12-4-7-29-14(12)9-15(13)30-20-26-16-17(22)24-10-25-18(16)27(20)6-1-5-23-19(28)11-2-3-11/h8-11H,1-7H2,(H,23,28)(H2,22,24,25). The zero-order valence-corrected chi connectivity index (χ0v) is 19.2. The van der Waals surface area contributed by atoms with Crippen molar-refractivity contribution in [2.24, 2.45) is 5.92 Å². The Balaban J connectivity index is 1.40. The summed E-state index contributed by atoms with van der Waals surface area (Å²) >= 11 is 3.93. The molecule has 0 bridgehead atoms. The molecule has 8 nitrogen and oxygen atoms in total. The topological polar surface area (TPSA) is 108 Å². The molecule has 0 saturated heterocycles. The summed E-state index contributed by atoms with van der Waals surface area (Å²) < 4.78 is 8.96. The number of hydrogen-bond donors (Lipinski definition) is 2. The Morgan fingerprint density at radius 3 is 3.07 bits per heavy atom. The third kappa shape index (κ3) is 3.94. The van der Waals surface area contributed by atoms with Crippen LogP contribution in [0.3, 0.4) is 0 Å². The molecule has 30 heavy (non-hydrogen) atoms. The van der Waals surface area contributed by atoms with E-state index in [0.29, 0.717) is 30.1 Å². The van der Waals surface area contributed by atoms with Gasteiger partial charge in [0.2, 0.25) is 5.91 Å². The highest BCUT2D eigenvalue weighted by Crippen LogP contribution is 2.38. The second kappa shape index (κ2) is 8.22. The van der Waals surface area contributed by atoms with Crippen LogP contribution in [0.15, 0.2) is 28.5 Å². The first-order valence-corrected chi connectivity index (χ1v) is 11.9. The van der Waals surface area contributed by atoms with Crippen LogP contribution in [0, 0.1) is 9.49 Å². The predicted octanol–water partition coefficient (Wildman–Crippen LogP) is 3.02. The van der Waals surface area contributed by atoms with Gasteiger partial charge in [0, 0.05) is 33.9 Å². The first kappa shape index (κ1) is 19.9. The van der Waals surface area contributed by atoms with E-state index >= 15 is 0 Å². The number of aromatic nitrogens is 4. The zero-order chi connectivity index (χ0) is 20.7. The van der Waals surface area contributed by atoms with Gasteiger partial charge in [0.15, 0.2) is 22.1 Å². The molecule has 1 aliphatic heterocycles. The molecule has 10 heteroatoms. The van der Waals surface area contributed by atoms with Crippen LogP contribution < -0.4 is 15.8 Å². The van der Waals surface area contributed by atoms with E-state index in [0.717, 1.165) is 51.7 Å². The van der Waals surface area contributed by atoms with Gasteiger partial charge in [-0.05, 0) is 59.5 Å². The minimum absolute atomic E-state index is 0.166. The molecule has 1 fully saturated rings. The lowest BCUT2D eigenvalue weighted by atomic mass is 10.2. The summed E-state index contributed by atoms with van der Waals surface area (Å²) in [6.07, 6.45) is 5.22. The third-order valence-electron chi connectivity index (χ3n) is 5.28. The number of hydrogen-bond acceptors (Lipinski definition) is 7. The number of anilines is 1. The zero-order valence-electron chi connectivity index (χ0n) is 16.2. The Morgan fingerprint density at radius 2 is 2.23 bits per heavy atom. The number of fused-ring (bicyclic) bond motifs is 2. The molecular formula is C20H21IN6O2S. The number of benzene rings is 1. The molecule has 3 aromatic rings. The summed E-state index contributed by atoms with van der Waals surface area (Å²) in [5.74, 6) is 1.71. The van der Waals surface area contributed by atoms with Gasteiger partial charge in [-0.1, -0.05) is 11.8 Å². The van der Waals surface area contributed by atoms with Crippen LogP contribution in [0.5, 0.6) is 5.75 Å². The number of nitrogens with two attached hydrogens (primary N) is 1. The highest BCUT2D eigenvalue weighted by Gasteiger charge is 2.29. The number of nitrogen functional groups attached to an aromatic ring is 1. The minimum atomic E-state index is 0.166. The molecule has 1 amide bonds. The second-order valence-corrected chi connectivity index (χ2v) is 9.66. The number of amides is 1. The van der Waals surface area contributed by atoms with Gasteiger partial charge >= 0.3 is 0 Å². The first-order chi connectivity index (χ1) is 14.6. The monoisotopic (exact) mass is 536 g/mol. The van der Waals surface area contributed by atoms with Crippen molar-refractivity contribution in [3.05, 3.63) is 27.6 Å². The molecule has 1 aromatic carbocycles. The Kier molecular flexibility index (Phi) is 5.44. The van der Waals surface area contributed by atoms with Crippen LogP contribution in [0.4, 0.5) is 5.82 Å². The van der Waals surface area contributed by atoms with E-state index in [4.69, 9.17) is 15.5 Å². The SMILES string of the molecule is Nc1ncnc2c1nc(Sc1cc3c(cc1I)CCO3)n2CCCNC(=O)C1CC1. The smallest absolute Gasteiger partial charge is 0.223 e. The molecule has 0 atom stereocenters. The van der Waals surface area contributed by atoms with Gasteiger partial charge in [-0.15, -0.1) is 0 Å². The summed E-state index contributed by atoms with van der Waals surface area (Å²) in [5, 5.41) is 3.83. The van der Waals surface area contributed by atoms with Crippen LogP contribution in [-0.2, 0) is 17.8 Å². The van der Waals surface area contributed by atoms with Gasteiger partial charge in [-0.2, -0.15) is 0 Å². The molecule has 3 N–H and O–H groups in total. The summed E-state index contributed by atoms with van der Waals surface area (Å²) in [7, 11) is 0. The maximum atomic E-state index is 11.9. The number of nitrogens with one attached hydrogen (secondary N) is 1. The number of nitrogens with zero attached hydrogens (tertiary/aromatic N) is 4. The number of carbonyl (C=O) groups is 1. The lowest BCUT2D eigenvalue weighted by Crippen LogP contribution is -2.26. The van der Waals surface area contributed by atoms with E-state index in [1.165, 1.54) is 11.9 Å². The fraction of sp³-hybridized carbons (Fsp3) is 0.400. The van der Waals surface area contributed by atoms with Crippen molar-refractivity contribution in [3.63, 3.8) is 0 Å². The third-order valence-corrected chi connectivity index (χ3v) is 7.59. The molecule has 5 rings (SSSR count). The molecule has 0 unspecified atom stereocenters. The lowest BCUT2D eigenvalue weighted by Gasteiger charge is -2.11. The average molecular weight is 536 g/mol. The van der Waals surface area contributed by atoms with Crippen LogP contribution in [0.1, 0.15) is 24.8 Å². The molecule has 0 radical (unpaired) electrons. The molecule has 1 saturated carbocycles. The van der Waals surface area contributed by atoms with Crippen LogP contribution in [0.25, 0.3) is 11.2 Å². The van der Waals surface area contributed by atoms with Gasteiger partial charge in [0.05, 0.1) is 6.61 Å². The predicted molar refractivity (Wildman–Crippen MR) is 123 cm³/mol. The van der Waals surface area contributed by atoms with Gasteiger partial charge in [-0.3, -0.25) is 4.79 Å². The quantitative estimate of drug-likeness (QED) is 0.353. The fourth-order valence-corrected chi connectivity index (χ4v) is 5.31. The summed E-state index contributed by atoms with van der Waals surface area (Å²) in [6.45, 7) is 2.04. The molecular weight excluding hydrogens is 515 g/mol. The van der Waals surface area contributed by atoms with E-state index in [9.17, 15) is 4.79 Å². The van der Waals surface area contributed by atoms with E-state index < -0.39 is 0 Å². The van der Waals surface area contributed by atoms with Crippen LogP contribution >= 0.6 is 34.4 Å². The highest BCUT2D eigenvalue weighted by molar-refractivity contribution is 14.1. The molecule has 2 aromatic heterocycles. The normalized spacial score (nSPS) is 15.2. The Labute approximate surface area is 191 Å². The van der Waals surface area contributed by atoms with E-state index in [-0.39, 0.29) is 11.8 Å². The summed E-state index contributed by atoms with van der Waals surface area (Å²) in [6, 6.07) is 4.27. The van der Waals surface area contributed by atoms with Crippen LogP contribution in [-0.4, -0.2) is 38.6 Å². The van der Waals surface area contributed by atoms with Crippen molar-refractivity contribution in [3.8, 4) is 5.75 Å². The highest BCUT2D eigenvalue weighted by atomic mass is 127. The average Bonchev–Trinajstić information content (AvgIpc) is 3.39. The van der Waals surface area contributed by atoms with Crippen LogP contribution in [0.2, 0.25) is 0 Å². The van der Waals surface area contributed by atoms with E-state index in [1.54, 1.807) is 11.8 Å². The Hall–Kier alpha value is -2.08. The maximum absolute atomic E-state index is 11.9. The second-order valence-electron chi connectivity index (χ2n) is 7.49. The molecule has 2 aliphatic rings. The molecule has 156 valence electrons. The molecule has 0 spiro atoms. The van der Waals surface area contributed by atoms with Crippen molar-refractivity contribution < 1.29 is 9.53 Å². The first-order valence-electron chi connectivity index (χ1n) is 9.97. The minimum Gasteiger partial charge on any atom is -0.493 e. The maximum Gasteiger partial charge on any atom is 0.223 e. The largest absolute Gasteiger partial charge is 0.493 e. The number of aryl methyl sites for hydroxylation is 1. The van der Waals surface area contributed by atoms with Crippen molar-refractivity contribution in [2.75, 3.05) is 18.9 Å². The molecule has 3 heterocycles. The van der Waals surface area contributed by atoms with E-state index in [1.807, 2.05) is 0 Å². The number of rotatable bonds is 7. The van der Waals surface area contributed by atoms with Gasteiger partial charge in [0.1, 0.15) is 12.1 Å². The molecule has 1 aliphatic carbocycles. The van der Waals surface area contributed by atoms with Crippen molar-refractivity contribution >= 4 is 57.2 Å². The van der Waals surface area contributed by atoms with Gasteiger partial charge in [0.25, 0.3) is 0 Å². The van der Waals surface area contributed by atoms with Crippen molar-refractivity contribution in [1.29, 1.82) is 0 Å². The fourth-order valence-electron chi connectivity index (χ4n) is 3.51. The lowest BCUT2D eigenvalue weighted by molar-refractivity contribution is -0.122. The van der Waals surface area contributed by atoms with Gasteiger partial charge < -0.3 is 20.4 Å². The Bertz CT molecular complexity index is 1130. The van der Waals surface area contributed by atoms with Gasteiger partial charge in [-0.25, -0.2) is 15.0 Å². The Morgan fingerprint density at radius 1 is 1.37 bits per heavy atom. The number of halogens is 1. The number of carbonyl (C=O) groups excluding carboxylic acids is 1. The van der Waals surface area contributed by atoms with Crippen molar-refractivity contribution in [1.82, 2.24) is 24.8 Å².